The normalized spacial score (nSPS) is 11.7. The molecule has 104 valence electrons. The van der Waals surface area contributed by atoms with Crippen molar-refractivity contribution in [3.05, 3.63) is 34.3 Å². The second-order valence-electron chi connectivity index (χ2n) is 4.26. The predicted octanol–water partition coefficient (Wildman–Crippen LogP) is 2.45. The lowest BCUT2D eigenvalue weighted by atomic mass is 10.1. The number of esters is 1. The van der Waals surface area contributed by atoms with Crippen LogP contribution < -0.4 is 5.32 Å². The Morgan fingerprint density at radius 2 is 1.95 bits per heavy atom. The quantitative estimate of drug-likeness (QED) is 0.667. The van der Waals surface area contributed by atoms with Gasteiger partial charge in [0.15, 0.2) is 0 Å². The number of halogens is 1. The first kappa shape index (κ1) is 15.7. The zero-order valence-electron chi connectivity index (χ0n) is 11.1. The second-order valence-corrected chi connectivity index (χ2v) is 5.18. The largest absolute Gasteiger partial charge is 0.459 e. The van der Waals surface area contributed by atoms with Crippen molar-refractivity contribution in [3.8, 4) is 0 Å². The average molecular weight is 328 g/mol. The van der Waals surface area contributed by atoms with Crippen LogP contribution in [0.25, 0.3) is 0 Å². The van der Waals surface area contributed by atoms with E-state index in [4.69, 9.17) is 0 Å². The van der Waals surface area contributed by atoms with Gasteiger partial charge in [0.05, 0.1) is 6.61 Å². The van der Waals surface area contributed by atoms with Crippen LogP contribution in [0.4, 0.5) is 0 Å². The lowest BCUT2D eigenvalue weighted by Gasteiger charge is -2.13. The fourth-order valence-electron chi connectivity index (χ4n) is 1.59. The van der Waals surface area contributed by atoms with E-state index in [0.717, 1.165) is 17.3 Å². The zero-order chi connectivity index (χ0) is 14.3. The van der Waals surface area contributed by atoms with E-state index in [2.05, 4.69) is 26.0 Å². The third-order valence-corrected chi connectivity index (χ3v) is 3.15. The standard InChI is InChI=1S/C14H18BrNO3/c1-3-19-14(18)13(17)16-10(2)4-5-11-6-8-12(15)9-7-11/h6-10H,3-5H2,1-2H3,(H,16,17). The number of hydrogen-bond donors (Lipinski definition) is 1. The first-order valence-corrected chi connectivity index (χ1v) is 7.04. The first-order chi connectivity index (χ1) is 9.02. The van der Waals surface area contributed by atoms with E-state index < -0.39 is 11.9 Å². The van der Waals surface area contributed by atoms with Crippen molar-refractivity contribution in [3.63, 3.8) is 0 Å². The highest BCUT2D eigenvalue weighted by molar-refractivity contribution is 9.10. The van der Waals surface area contributed by atoms with E-state index in [0.29, 0.717) is 0 Å². The number of amides is 1. The van der Waals surface area contributed by atoms with Crippen molar-refractivity contribution in [2.24, 2.45) is 0 Å². The summed E-state index contributed by atoms with van der Waals surface area (Å²) in [6, 6.07) is 7.96. The van der Waals surface area contributed by atoms with Gasteiger partial charge in [-0.3, -0.25) is 4.79 Å². The number of aryl methyl sites for hydroxylation is 1. The molecule has 1 aromatic rings. The SMILES string of the molecule is CCOC(=O)C(=O)NC(C)CCc1ccc(Br)cc1. The van der Waals surface area contributed by atoms with Gasteiger partial charge in [-0.2, -0.15) is 0 Å². The van der Waals surface area contributed by atoms with Crippen molar-refractivity contribution in [2.45, 2.75) is 32.7 Å². The smallest absolute Gasteiger partial charge is 0.396 e. The molecule has 0 radical (unpaired) electrons. The van der Waals surface area contributed by atoms with Crippen LogP contribution in [-0.4, -0.2) is 24.5 Å². The third-order valence-electron chi connectivity index (χ3n) is 2.62. The number of benzene rings is 1. The Labute approximate surface area is 121 Å². The molecule has 0 fully saturated rings. The summed E-state index contributed by atoms with van der Waals surface area (Å²) in [6.07, 6.45) is 1.62. The second kappa shape index (κ2) is 7.94. The Morgan fingerprint density at radius 3 is 2.53 bits per heavy atom. The van der Waals surface area contributed by atoms with Crippen LogP contribution in [0, 0.1) is 0 Å². The van der Waals surface area contributed by atoms with Crippen molar-refractivity contribution in [2.75, 3.05) is 6.61 Å². The predicted molar refractivity (Wildman–Crippen MR) is 76.7 cm³/mol. The van der Waals surface area contributed by atoms with E-state index >= 15 is 0 Å². The molecule has 1 aromatic carbocycles. The lowest BCUT2D eigenvalue weighted by molar-refractivity contribution is -0.154. The Hall–Kier alpha value is -1.36. The highest BCUT2D eigenvalue weighted by Crippen LogP contribution is 2.12. The molecule has 0 heterocycles. The molecule has 4 nitrogen and oxygen atoms in total. The highest BCUT2D eigenvalue weighted by Gasteiger charge is 2.16. The van der Waals surface area contributed by atoms with Gasteiger partial charge < -0.3 is 10.1 Å². The van der Waals surface area contributed by atoms with Crippen LogP contribution in [0.3, 0.4) is 0 Å². The molecule has 19 heavy (non-hydrogen) atoms. The Balaban J connectivity index is 2.35. The van der Waals surface area contributed by atoms with Crippen molar-refractivity contribution in [1.82, 2.24) is 5.32 Å². The van der Waals surface area contributed by atoms with Gasteiger partial charge in [0.25, 0.3) is 0 Å². The van der Waals surface area contributed by atoms with Crippen LogP contribution >= 0.6 is 15.9 Å². The van der Waals surface area contributed by atoms with Gasteiger partial charge in [-0.25, -0.2) is 4.79 Å². The summed E-state index contributed by atoms with van der Waals surface area (Å²) in [5.74, 6) is -1.50. The summed E-state index contributed by atoms with van der Waals surface area (Å²) < 4.78 is 5.67. The summed E-state index contributed by atoms with van der Waals surface area (Å²) in [5.41, 5.74) is 1.19. The van der Waals surface area contributed by atoms with Gasteiger partial charge in [-0.05, 0) is 44.4 Å². The molecule has 0 aliphatic rings. The molecule has 1 unspecified atom stereocenters. The third kappa shape index (κ3) is 5.87. The molecule has 1 atom stereocenters. The molecule has 1 amide bonds. The van der Waals surface area contributed by atoms with Crippen LogP contribution in [0.5, 0.6) is 0 Å². The minimum atomic E-state index is -0.821. The van der Waals surface area contributed by atoms with Gasteiger partial charge in [-0.15, -0.1) is 0 Å². The zero-order valence-corrected chi connectivity index (χ0v) is 12.7. The maximum atomic E-state index is 11.4. The summed E-state index contributed by atoms with van der Waals surface area (Å²) in [6.45, 7) is 3.75. The van der Waals surface area contributed by atoms with Crippen LogP contribution in [0.15, 0.2) is 28.7 Å². The maximum Gasteiger partial charge on any atom is 0.396 e. The molecule has 0 saturated heterocycles. The Bertz CT molecular complexity index is 431. The molecule has 1 rings (SSSR count). The van der Waals surface area contributed by atoms with E-state index in [1.54, 1.807) is 6.92 Å². The van der Waals surface area contributed by atoms with Gasteiger partial charge in [-0.1, -0.05) is 28.1 Å². The van der Waals surface area contributed by atoms with E-state index in [9.17, 15) is 9.59 Å². The Morgan fingerprint density at radius 1 is 1.32 bits per heavy atom. The highest BCUT2D eigenvalue weighted by atomic mass is 79.9. The lowest BCUT2D eigenvalue weighted by Crippen LogP contribution is -2.38. The van der Waals surface area contributed by atoms with Crippen LogP contribution in [-0.2, 0) is 20.7 Å². The molecule has 1 N–H and O–H groups in total. The number of carbonyl (C=O) groups excluding carboxylic acids is 2. The summed E-state index contributed by atoms with van der Waals surface area (Å²) in [7, 11) is 0. The molecule has 0 aliphatic carbocycles. The van der Waals surface area contributed by atoms with Crippen molar-refractivity contribution >= 4 is 27.8 Å². The summed E-state index contributed by atoms with van der Waals surface area (Å²) in [5, 5.41) is 2.62. The van der Waals surface area contributed by atoms with Gasteiger partial charge in [0.2, 0.25) is 0 Å². The molecule has 0 aliphatic heterocycles. The molecule has 0 saturated carbocycles. The van der Waals surface area contributed by atoms with Crippen molar-refractivity contribution < 1.29 is 14.3 Å². The molecule has 5 heteroatoms. The summed E-state index contributed by atoms with van der Waals surface area (Å²) in [4.78, 5) is 22.6. The fourth-order valence-corrected chi connectivity index (χ4v) is 1.85. The van der Waals surface area contributed by atoms with Gasteiger partial charge >= 0.3 is 11.9 Å². The molecule has 0 aromatic heterocycles. The number of ether oxygens (including phenoxy) is 1. The number of nitrogens with one attached hydrogen (secondary N) is 1. The first-order valence-electron chi connectivity index (χ1n) is 6.25. The van der Waals surface area contributed by atoms with Crippen LogP contribution in [0.1, 0.15) is 25.8 Å². The molecule has 0 spiro atoms. The van der Waals surface area contributed by atoms with Crippen molar-refractivity contribution in [1.29, 1.82) is 0 Å². The van der Waals surface area contributed by atoms with Crippen LogP contribution in [0.2, 0.25) is 0 Å². The topological polar surface area (TPSA) is 55.4 Å². The van der Waals surface area contributed by atoms with Gasteiger partial charge in [0.1, 0.15) is 0 Å². The minimum Gasteiger partial charge on any atom is -0.459 e. The number of rotatable bonds is 5. The van der Waals surface area contributed by atoms with E-state index in [-0.39, 0.29) is 12.6 Å². The molecular weight excluding hydrogens is 310 g/mol. The summed E-state index contributed by atoms with van der Waals surface area (Å²) >= 11 is 3.38. The average Bonchev–Trinajstić information content (AvgIpc) is 2.38. The fraction of sp³-hybridized carbons (Fsp3) is 0.429. The maximum absolute atomic E-state index is 11.4. The monoisotopic (exact) mass is 327 g/mol. The number of carbonyl (C=O) groups is 2. The number of hydrogen-bond acceptors (Lipinski definition) is 3. The molecular formula is C14H18BrNO3. The Kier molecular flexibility index (Phi) is 6.56. The molecule has 0 bridgehead atoms. The van der Waals surface area contributed by atoms with E-state index in [1.165, 1.54) is 5.56 Å². The van der Waals surface area contributed by atoms with Gasteiger partial charge in [0, 0.05) is 10.5 Å². The minimum absolute atomic E-state index is 0.0689. The van der Waals surface area contributed by atoms with E-state index in [1.807, 2.05) is 31.2 Å².